The summed E-state index contributed by atoms with van der Waals surface area (Å²) in [6, 6.07) is 5.70. The second kappa shape index (κ2) is 3.91. The number of ketones is 1. The minimum atomic E-state index is -0.851. The molecule has 0 spiro atoms. The quantitative estimate of drug-likeness (QED) is 0.773. The minimum absolute atomic E-state index is 0.0637. The van der Waals surface area contributed by atoms with E-state index in [2.05, 4.69) is 0 Å². The van der Waals surface area contributed by atoms with E-state index in [0.29, 0.717) is 12.2 Å². The predicted molar refractivity (Wildman–Crippen MR) is 62.9 cm³/mol. The third-order valence-corrected chi connectivity index (χ3v) is 2.76. The van der Waals surface area contributed by atoms with Crippen molar-refractivity contribution < 1.29 is 9.53 Å². The Morgan fingerprint density at radius 3 is 2.88 bits per heavy atom. The molecule has 0 saturated heterocycles. The number of carbonyl (C=O) groups excluding carboxylic acids is 1. The molecule has 0 radical (unpaired) electrons. The zero-order valence-corrected chi connectivity index (χ0v) is 9.75. The molecule has 0 unspecified atom stereocenters. The van der Waals surface area contributed by atoms with Crippen molar-refractivity contribution in [1.82, 2.24) is 0 Å². The van der Waals surface area contributed by atoms with E-state index < -0.39 is 5.54 Å². The maximum absolute atomic E-state index is 12.1. The number of aryl methyl sites for hydroxylation is 1. The van der Waals surface area contributed by atoms with Crippen LogP contribution in [0.25, 0.3) is 0 Å². The second-order valence-electron chi connectivity index (χ2n) is 4.80. The van der Waals surface area contributed by atoms with Gasteiger partial charge in [-0.1, -0.05) is 12.1 Å². The lowest BCUT2D eigenvalue weighted by molar-refractivity contribution is 0.0908. The van der Waals surface area contributed by atoms with Gasteiger partial charge in [-0.05, 0) is 38.3 Å². The Morgan fingerprint density at radius 1 is 1.44 bits per heavy atom. The molecule has 16 heavy (non-hydrogen) atoms. The van der Waals surface area contributed by atoms with Gasteiger partial charge in [0.15, 0.2) is 5.78 Å². The number of para-hydroxylation sites is 1. The van der Waals surface area contributed by atoms with Crippen molar-refractivity contribution >= 4 is 5.78 Å². The molecule has 0 bridgehead atoms. The van der Waals surface area contributed by atoms with Gasteiger partial charge in [0, 0.05) is 0 Å². The molecule has 0 fully saturated rings. The molecule has 1 aliphatic heterocycles. The van der Waals surface area contributed by atoms with E-state index in [0.717, 1.165) is 24.2 Å². The van der Waals surface area contributed by atoms with Gasteiger partial charge in [0.1, 0.15) is 5.75 Å². The van der Waals surface area contributed by atoms with E-state index in [-0.39, 0.29) is 5.78 Å². The summed E-state index contributed by atoms with van der Waals surface area (Å²) in [6.45, 7) is 4.12. The Balaban J connectivity index is 2.46. The van der Waals surface area contributed by atoms with Crippen LogP contribution in [0.2, 0.25) is 0 Å². The summed E-state index contributed by atoms with van der Waals surface area (Å²) in [5.41, 5.74) is 6.72. The molecular weight excluding hydrogens is 202 g/mol. The summed E-state index contributed by atoms with van der Waals surface area (Å²) in [7, 11) is 0. The second-order valence-corrected chi connectivity index (χ2v) is 4.80. The summed E-state index contributed by atoms with van der Waals surface area (Å²) < 4.78 is 5.59. The molecular formula is C13H17NO2. The molecule has 0 aliphatic carbocycles. The summed E-state index contributed by atoms with van der Waals surface area (Å²) >= 11 is 0. The minimum Gasteiger partial charge on any atom is -0.493 e. The first-order valence-corrected chi connectivity index (χ1v) is 5.58. The maximum Gasteiger partial charge on any atom is 0.185 e. The van der Waals surface area contributed by atoms with Gasteiger partial charge in [0.25, 0.3) is 0 Å². The Kier molecular flexibility index (Phi) is 2.72. The molecule has 1 heterocycles. The molecule has 3 nitrogen and oxygen atoms in total. The van der Waals surface area contributed by atoms with Gasteiger partial charge in [-0.2, -0.15) is 0 Å². The van der Waals surface area contributed by atoms with E-state index in [1.807, 2.05) is 12.1 Å². The van der Waals surface area contributed by atoms with Gasteiger partial charge in [-0.3, -0.25) is 4.79 Å². The number of Topliss-reactive ketones (excluding diaryl/α,β-unsaturated/α-hetero) is 1. The molecule has 0 amide bonds. The van der Waals surface area contributed by atoms with E-state index in [1.54, 1.807) is 19.9 Å². The van der Waals surface area contributed by atoms with Gasteiger partial charge in [-0.25, -0.2) is 0 Å². The highest BCUT2D eigenvalue weighted by Crippen LogP contribution is 2.30. The first-order chi connectivity index (χ1) is 7.50. The third kappa shape index (κ3) is 1.95. The van der Waals surface area contributed by atoms with Crippen LogP contribution in [-0.4, -0.2) is 17.9 Å². The Bertz CT molecular complexity index is 418. The Hall–Kier alpha value is -1.35. The zero-order valence-electron chi connectivity index (χ0n) is 9.75. The number of fused-ring (bicyclic) bond motifs is 1. The molecule has 86 valence electrons. The lowest BCUT2D eigenvalue weighted by atomic mass is 9.91. The highest BCUT2D eigenvalue weighted by Gasteiger charge is 2.28. The average Bonchev–Trinajstić information content (AvgIpc) is 2.26. The zero-order chi connectivity index (χ0) is 11.8. The number of nitrogens with two attached hydrogens (primary N) is 1. The van der Waals surface area contributed by atoms with Crippen LogP contribution in [0, 0.1) is 0 Å². The highest BCUT2D eigenvalue weighted by molar-refractivity contribution is 6.05. The van der Waals surface area contributed by atoms with Crippen molar-refractivity contribution in [2.75, 3.05) is 6.61 Å². The van der Waals surface area contributed by atoms with Crippen LogP contribution in [0.15, 0.2) is 18.2 Å². The summed E-state index contributed by atoms with van der Waals surface area (Å²) in [6.07, 6.45) is 1.98. The van der Waals surface area contributed by atoms with Crippen molar-refractivity contribution in [3.05, 3.63) is 29.3 Å². The van der Waals surface area contributed by atoms with Gasteiger partial charge in [-0.15, -0.1) is 0 Å². The smallest absolute Gasteiger partial charge is 0.185 e. The van der Waals surface area contributed by atoms with E-state index >= 15 is 0 Å². The predicted octanol–water partition coefficient (Wildman–Crippen LogP) is 1.93. The molecule has 1 aliphatic rings. The van der Waals surface area contributed by atoms with Gasteiger partial charge >= 0.3 is 0 Å². The molecule has 0 aromatic heterocycles. The molecule has 1 aromatic carbocycles. The normalized spacial score (nSPS) is 15.2. The number of hydrogen-bond donors (Lipinski definition) is 1. The SMILES string of the molecule is CC(C)(N)C(=O)c1cccc2c1OCCC2. The largest absolute Gasteiger partial charge is 0.493 e. The van der Waals surface area contributed by atoms with Gasteiger partial charge in [0.2, 0.25) is 0 Å². The van der Waals surface area contributed by atoms with Crippen LogP contribution in [0.4, 0.5) is 0 Å². The lowest BCUT2D eigenvalue weighted by Gasteiger charge is -2.23. The molecule has 3 heteroatoms. The topological polar surface area (TPSA) is 52.3 Å². The number of hydrogen-bond acceptors (Lipinski definition) is 3. The molecule has 1 aromatic rings. The fourth-order valence-corrected chi connectivity index (χ4v) is 1.91. The van der Waals surface area contributed by atoms with Crippen LogP contribution < -0.4 is 10.5 Å². The highest BCUT2D eigenvalue weighted by atomic mass is 16.5. The van der Waals surface area contributed by atoms with Gasteiger partial charge < -0.3 is 10.5 Å². The van der Waals surface area contributed by atoms with Crippen molar-refractivity contribution in [3.63, 3.8) is 0 Å². The van der Waals surface area contributed by atoms with Crippen LogP contribution in [0.5, 0.6) is 5.75 Å². The summed E-state index contributed by atoms with van der Waals surface area (Å²) in [5.74, 6) is 0.670. The van der Waals surface area contributed by atoms with E-state index in [9.17, 15) is 4.79 Å². The maximum atomic E-state index is 12.1. The standard InChI is InChI=1S/C13H17NO2/c1-13(2,14)12(15)10-7-3-5-9-6-4-8-16-11(9)10/h3,5,7H,4,6,8,14H2,1-2H3. The monoisotopic (exact) mass is 219 g/mol. The first kappa shape index (κ1) is 11.1. The van der Waals surface area contributed by atoms with Crippen LogP contribution in [0.1, 0.15) is 36.2 Å². The fourth-order valence-electron chi connectivity index (χ4n) is 1.91. The van der Waals surface area contributed by atoms with Crippen molar-refractivity contribution in [2.45, 2.75) is 32.2 Å². The van der Waals surface area contributed by atoms with Crippen molar-refractivity contribution in [1.29, 1.82) is 0 Å². The van der Waals surface area contributed by atoms with Gasteiger partial charge in [0.05, 0.1) is 17.7 Å². The molecule has 2 rings (SSSR count). The average molecular weight is 219 g/mol. The van der Waals surface area contributed by atoms with E-state index in [4.69, 9.17) is 10.5 Å². The number of ether oxygens (including phenoxy) is 1. The van der Waals surface area contributed by atoms with E-state index in [1.165, 1.54) is 0 Å². The lowest BCUT2D eigenvalue weighted by Crippen LogP contribution is -2.41. The van der Waals surface area contributed by atoms with Crippen LogP contribution in [0.3, 0.4) is 0 Å². The third-order valence-electron chi connectivity index (χ3n) is 2.76. The molecule has 2 N–H and O–H groups in total. The molecule has 0 atom stereocenters. The summed E-state index contributed by atoms with van der Waals surface area (Å²) in [5, 5.41) is 0. The number of rotatable bonds is 2. The van der Waals surface area contributed by atoms with Crippen molar-refractivity contribution in [3.8, 4) is 5.75 Å². The Labute approximate surface area is 95.6 Å². The number of carbonyl (C=O) groups is 1. The van der Waals surface area contributed by atoms with Crippen molar-refractivity contribution in [2.24, 2.45) is 5.73 Å². The first-order valence-electron chi connectivity index (χ1n) is 5.58. The van der Waals surface area contributed by atoms with Crippen LogP contribution in [-0.2, 0) is 6.42 Å². The molecule has 0 saturated carbocycles. The summed E-state index contributed by atoms with van der Waals surface area (Å²) in [4.78, 5) is 12.1. The van der Waals surface area contributed by atoms with Crippen LogP contribution >= 0.6 is 0 Å². The Morgan fingerprint density at radius 2 is 2.19 bits per heavy atom. The number of benzene rings is 1. The fraction of sp³-hybridized carbons (Fsp3) is 0.462.